The molecule has 1 unspecified atom stereocenters. The van der Waals surface area contributed by atoms with Gasteiger partial charge in [0.2, 0.25) is 5.78 Å². The van der Waals surface area contributed by atoms with Crippen molar-refractivity contribution < 1.29 is 27.5 Å². The van der Waals surface area contributed by atoms with Crippen molar-refractivity contribution >= 4 is 17.4 Å². The first kappa shape index (κ1) is 16.7. The fourth-order valence-corrected chi connectivity index (χ4v) is 2.46. The van der Waals surface area contributed by atoms with Gasteiger partial charge in [0.1, 0.15) is 17.0 Å². The lowest BCUT2D eigenvalue weighted by Crippen LogP contribution is -2.55. The summed E-state index contributed by atoms with van der Waals surface area (Å²) in [6, 6.07) is 3.05. The molecule has 1 fully saturated rings. The maximum atomic E-state index is 14.5. The summed E-state index contributed by atoms with van der Waals surface area (Å²) in [4.78, 5) is 11.9. The van der Waals surface area contributed by atoms with Crippen LogP contribution in [0.4, 0.5) is 17.6 Å². The zero-order valence-electron chi connectivity index (χ0n) is 11.0. The van der Waals surface area contributed by atoms with E-state index in [9.17, 15) is 27.5 Å². The van der Waals surface area contributed by atoms with Crippen LogP contribution in [0.15, 0.2) is 18.2 Å². The van der Waals surface area contributed by atoms with Gasteiger partial charge in [0.05, 0.1) is 11.9 Å². The number of carbonyl (C=O) groups is 1. The Labute approximate surface area is 128 Å². The van der Waals surface area contributed by atoms with Crippen molar-refractivity contribution in [3.63, 3.8) is 0 Å². The molecule has 8 heteroatoms. The van der Waals surface area contributed by atoms with Crippen molar-refractivity contribution in [1.82, 2.24) is 0 Å². The molecule has 0 amide bonds. The topological polar surface area (TPSA) is 61.1 Å². The summed E-state index contributed by atoms with van der Waals surface area (Å²) >= 11 is 5.37. The highest BCUT2D eigenvalue weighted by Gasteiger charge is 2.68. The molecule has 2 rings (SSSR count). The van der Waals surface area contributed by atoms with Crippen LogP contribution in [-0.4, -0.2) is 22.7 Å². The monoisotopic (exact) mass is 335 g/mol. The van der Waals surface area contributed by atoms with E-state index in [-0.39, 0.29) is 12.8 Å². The Balaban J connectivity index is 2.53. The number of Topliss-reactive ketones (excluding diaryl/α,β-unsaturated/α-hetero) is 1. The molecule has 1 aliphatic rings. The van der Waals surface area contributed by atoms with E-state index in [4.69, 9.17) is 16.9 Å². The third kappa shape index (κ3) is 2.27. The molecule has 0 saturated heterocycles. The van der Waals surface area contributed by atoms with Crippen LogP contribution in [0.2, 0.25) is 0 Å². The first-order valence-corrected chi connectivity index (χ1v) is 6.76. The first-order chi connectivity index (χ1) is 10.1. The highest BCUT2D eigenvalue weighted by Crippen LogP contribution is 2.53. The molecule has 1 N–H and O–H groups in total. The van der Waals surface area contributed by atoms with E-state index in [0.717, 1.165) is 0 Å². The Morgan fingerprint density at radius 1 is 1.41 bits per heavy atom. The molecule has 118 valence electrons. The van der Waals surface area contributed by atoms with E-state index >= 15 is 0 Å². The average molecular weight is 336 g/mol. The number of halogens is 5. The fraction of sp³-hybridized carbons (Fsp3) is 0.429. The van der Waals surface area contributed by atoms with Crippen molar-refractivity contribution in [3.05, 3.63) is 35.4 Å². The van der Waals surface area contributed by atoms with Crippen LogP contribution >= 0.6 is 11.6 Å². The number of carbonyl (C=O) groups excluding carboxylic acids is 1. The lowest BCUT2D eigenvalue weighted by atomic mass is 9.81. The maximum Gasteiger partial charge on any atom is 0.340 e. The number of benzene rings is 1. The van der Waals surface area contributed by atoms with Crippen LogP contribution in [0.25, 0.3) is 0 Å². The van der Waals surface area contributed by atoms with Gasteiger partial charge in [-0.25, -0.2) is 8.78 Å². The molecular formula is C14H10ClF4NO2. The van der Waals surface area contributed by atoms with Crippen LogP contribution < -0.4 is 0 Å². The number of rotatable bonds is 5. The summed E-state index contributed by atoms with van der Waals surface area (Å²) in [5.41, 5.74) is -6.27. The van der Waals surface area contributed by atoms with Gasteiger partial charge in [0.25, 0.3) is 0 Å². The van der Waals surface area contributed by atoms with E-state index in [1.165, 1.54) is 6.07 Å². The molecule has 1 aromatic carbocycles. The summed E-state index contributed by atoms with van der Waals surface area (Å²) in [6.07, 6.45) is -0.135. The number of hydrogen-bond acceptors (Lipinski definition) is 3. The normalized spacial score (nSPS) is 19.1. The zero-order chi connectivity index (χ0) is 16.8. The number of hydrogen-bond donors (Lipinski definition) is 1. The summed E-state index contributed by atoms with van der Waals surface area (Å²) in [7, 11) is 0. The second kappa shape index (κ2) is 5.21. The second-order valence-electron chi connectivity index (χ2n) is 5.22. The van der Waals surface area contributed by atoms with E-state index in [1.807, 2.05) is 0 Å². The van der Waals surface area contributed by atoms with Gasteiger partial charge in [0, 0.05) is 11.6 Å². The van der Waals surface area contributed by atoms with Crippen LogP contribution in [0.1, 0.15) is 18.4 Å². The van der Waals surface area contributed by atoms with Crippen LogP contribution in [0, 0.1) is 28.4 Å². The molecule has 1 atom stereocenters. The van der Waals surface area contributed by atoms with Gasteiger partial charge < -0.3 is 5.11 Å². The van der Waals surface area contributed by atoms with Crippen molar-refractivity contribution in [2.45, 2.75) is 24.4 Å². The molecule has 0 bridgehead atoms. The van der Waals surface area contributed by atoms with E-state index < -0.39 is 45.8 Å². The summed E-state index contributed by atoms with van der Waals surface area (Å²) in [6.45, 7) is 0. The minimum absolute atomic E-state index is 0.0673. The quantitative estimate of drug-likeness (QED) is 0.665. The predicted molar refractivity (Wildman–Crippen MR) is 68.2 cm³/mol. The Hall–Kier alpha value is -1.65. The van der Waals surface area contributed by atoms with Crippen LogP contribution in [0.5, 0.6) is 0 Å². The van der Waals surface area contributed by atoms with Gasteiger partial charge in [-0.1, -0.05) is 6.07 Å². The second-order valence-corrected chi connectivity index (χ2v) is 5.48. The van der Waals surface area contributed by atoms with Crippen molar-refractivity contribution in [2.24, 2.45) is 5.41 Å². The lowest BCUT2D eigenvalue weighted by Gasteiger charge is -2.34. The van der Waals surface area contributed by atoms with Crippen molar-refractivity contribution in [2.75, 3.05) is 5.88 Å². The Kier molecular flexibility index (Phi) is 3.96. The van der Waals surface area contributed by atoms with Crippen molar-refractivity contribution in [1.29, 1.82) is 5.26 Å². The zero-order valence-corrected chi connectivity index (χ0v) is 11.8. The summed E-state index contributed by atoms with van der Waals surface area (Å²) < 4.78 is 55.6. The molecule has 0 radical (unpaired) electrons. The Morgan fingerprint density at radius 2 is 2.00 bits per heavy atom. The molecular weight excluding hydrogens is 326 g/mol. The van der Waals surface area contributed by atoms with Crippen molar-refractivity contribution in [3.8, 4) is 6.07 Å². The van der Waals surface area contributed by atoms with E-state index in [0.29, 0.717) is 18.2 Å². The van der Waals surface area contributed by atoms with Crippen LogP contribution in [-0.2, 0) is 10.4 Å². The number of alkyl halides is 3. The molecule has 22 heavy (non-hydrogen) atoms. The molecule has 0 spiro atoms. The molecule has 1 saturated carbocycles. The minimum atomic E-state index is -4.50. The molecule has 0 aliphatic heterocycles. The number of nitriles is 1. The SMILES string of the molecule is N#CC1(C(=O)C(F)(F)C(O)(CCl)c2ccc(F)cc2F)CC1. The number of aliphatic hydroxyl groups is 1. The number of nitrogens with zero attached hydrogens (tertiary/aromatic N) is 1. The third-order valence-corrected chi connectivity index (χ3v) is 4.16. The van der Waals surface area contributed by atoms with Gasteiger partial charge in [0.15, 0.2) is 5.60 Å². The smallest absolute Gasteiger partial charge is 0.340 e. The minimum Gasteiger partial charge on any atom is -0.377 e. The van der Waals surface area contributed by atoms with E-state index in [2.05, 4.69) is 0 Å². The summed E-state index contributed by atoms with van der Waals surface area (Å²) in [5.74, 6) is -10.0. The fourth-order valence-electron chi connectivity index (χ4n) is 2.15. The molecule has 1 aliphatic carbocycles. The lowest BCUT2D eigenvalue weighted by molar-refractivity contribution is -0.192. The highest BCUT2D eigenvalue weighted by atomic mass is 35.5. The summed E-state index contributed by atoms with van der Waals surface area (Å²) in [5, 5.41) is 19.0. The predicted octanol–water partition coefficient (Wildman–Crippen LogP) is 2.90. The van der Waals surface area contributed by atoms with Gasteiger partial charge in [-0.3, -0.25) is 4.79 Å². The standard InChI is InChI=1S/C14H10ClF4NO2/c15-6-13(22,9-2-1-8(16)5-10(9)17)14(18,19)11(21)12(7-20)3-4-12/h1-2,5,22H,3-4,6H2. The van der Waals surface area contributed by atoms with Gasteiger partial charge in [-0.2, -0.15) is 14.0 Å². The maximum absolute atomic E-state index is 14.5. The van der Waals surface area contributed by atoms with Crippen LogP contribution in [0.3, 0.4) is 0 Å². The highest BCUT2D eigenvalue weighted by molar-refractivity contribution is 6.19. The van der Waals surface area contributed by atoms with Gasteiger partial charge in [-0.15, -0.1) is 11.6 Å². The Bertz CT molecular complexity index is 669. The average Bonchev–Trinajstić information content (AvgIpc) is 3.26. The van der Waals surface area contributed by atoms with E-state index in [1.54, 1.807) is 0 Å². The number of ketones is 1. The largest absolute Gasteiger partial charge is 0.377 e. The molecule has 1 aromatic rings. The Morgan fingerprint density at radius 3 is 2.41 bits per heavy atom. The molecule has 0 aromatic heterocycles. The first-order valence-electron chi connectivity index (χ1n) is 6.22. The molecule has 0 heterocycles. The van der Waals surface area contributed by atoms with Gasteiger partial charge in [-0.05, 0) is 18.9 Å². The molecule has 3 nitrogen and oxygen atoms in total. The van der Waals surface area contributed by atoms with Gasteiger partial charge >= 0.3 is 5.92 Å². The third-order valence-electron chi connectivity index (χ3n) is 3.77.